The van der Waals surface area contributed by atoms with E-state index in [1.54, 1.807) is 6.07 Å². The Kier molecular flexibility index (Phi) is 4.56. The zero-order valence-corrected chi connectivity index (χ0v) is 11.8. The summed E-state index contributed by atoms with van der Waals surface area (Å²) in [6, 6.07) is 1.60. The average Bonchev–Trinajstić information content (AvgIpc) is 2.71. The van der Waals surface area contributed by atoms with Gasteiger partial charge in [0.2, 0.25) is 5.95 Å². The average molecular weight is 301 g/mol. The van der Waals surface area contributed by atoms with Crippen LogP contribution in [0.15, 0.2) is 16.2 Å². The van der Waals surface area contributed by atoms with Gasteiger partial charge in [0.15, 0.2) is 11.0 Å². The van der Waals surface area contributed by atoms with Crippen molar-refractivity contribution < 1.29 is 5.11 Å². The summed E-state index contributed by atoms with van der Waals surface area (Å²) < 4.78 is 1.84. The van der Waals surface area contributed by atoms with Gasteiger partial charge in [0.25, 0.3) is 0 Å². The number of hydrogen-bond donors (Lipinski definition) is 2. The predicted molar refractivity (Wildman–Crippen MR) is 71.8 cm³/mol. The first-order valence-corrected chi connectivity index (χ1v) is 6.84. The summed E-state index contributed by atoms with van der Waals surface area (Å²) in [7, 11) is 0. The number of nitrogen functional groups attached to an aromatic ring is 1. The van der Waals surface area contributed by atoms with Gasteiger partial charge in [-0.1, -0.05) is 18.5 Å². The van der Waals surface area contributed by atoms with E-state index in [1.165, 1.54) is 11.8 Å². The van der Waals surface area contributed by atoms with E-state index in [9.17, 15) is 5.11 Å². The van der Waals surface area contributed by atoms with Crippen LogP contribution in [-0.4, -0.2) is 29.8 Å². The number of aromatic nitrogens is 5. The van der Waals surface area contributed by atoms with Crippen molar-refractivity contribution in [1.82, 2.24) is 24.7 Å². The van der Waals surface area contributed by atoms with Gasteiger partial charge in [-0.15, -0.1) is 10.2 Å². The minimum Gasteiger partial charge on any atom is -0.388 e. The quantitative estimate of drug-likeness (QED) is 0.803. The number of halogens is 1. The van der Waals surface area contributed by atoms with Crippen molar-refractivity contribution in [2.75, 3.05) is 5.73 Å². The zero-order valence-electron chi connectivity index (χ0n) is 10.2. The van der Waals surface area contributed by atoms with Gasteiger partial charge in [-0.05, 0) is 18.2 Å². The Morgan fingerprint density at radius 2 is 2.21 bits per heavy atom. The van der Waals surface area contributed by atoms with Gasteiger partial charge in [-0.3, -0.25) is 0 Å². The highest BCUT2D eigenvalue weighted by Crippen LogP contribution is 2.27. The lowest BCUT2D eigenvalue weighted by atomic mass is 10.4. The largest absolute Gasteiger partial charge is 0.388 e. The van der Waals surface area contributed by atoms with Gasteiger partial charge in [-0.2, -0.15) is 0 Å². The Labute approximate surface area is 119 Å². The molecular weight excluding hydrogens is 288 g/mol. The van der Waals surface area contributed by atoms with Crippen LogP contribution >= 0.6 is 23.4 Å². The lowest BCUT2D eigenvalue weighted by Gasteiger charge is -2.07. The van der Waals surface area contributed by atoms with Crippen molar-refractivity contribution in [3.05, 3.63) is 17.0 Å². The fourth-order valence-corrected chi connectivity index (χ4v) is 2.66. The summed E-state index contributed by atoms with van der Waals surface area (Å²) in [5.74, 6) is 0.636. The Bertz CT molecular complexity index is 555. The number of anilines is 1. The normalized spacial score (nSPS) is 10.9. The van der Waals surface area contributed by atoms with E-state index in [-0.39, 0.29) is 17.7 Å². The first-order chi connectivity index (χ1) is 9.13. The third kappa shape index (κ3) is 3.34. The van der Waals surface area contributed by atoms with E-state index in [0.29, 0.717) is 16.0 Å². The second kappa shape index (κ2) is 6.18. The molecular formula is C10H13ClN6OS. The van der Waals surface area contributed by atoms with Gasteiger partial charge >= 0.3 is 0 Å². The Morgan fingerprint density at radius 1 is 1.42 bits per heavy atom. The summed E-state index contributed by atoms with van der Waals surface area (Å²) in [4.78, 5) is 7.86. The van der Waals surface area contributed by atoms with Crippen molar-refractivity contribution in [3.8, 4) is 0 Å². The summed E-state index contributed by atoms with van der Waals surface area (Å²) in [5, 5.41) is 18.7. The van der Waals surface area contributed by atoms with Crippen LogP contribution in [0.3, 0.4) is 0 Å². The van der Waals surface area contributed by atoms with Gasteiger partial charge in [-0.25, -0.2) is 9.97 Å². The van der Waals surface area contributed by atoms with Gasteiger partial charge < -0.3 is 15.4 Å². The maximum Gasteiger partial charge on any atom is 0.222 e. The number of hydrogen-bond acceptors (Lipinski definition) is 7. The molecule has 0 aliphatic heterocycles. The van der Waals surface area contributed by atoms with Crippen LogP contribution in [-0.2, 0) is 13.2 Å². The highest BCUT2D eigenvalue weighted by atomic mass is 35.5. The van der Waals surface area contributed by atoms with Crippen LogP contribution in [0.2, 0.25) is 5.15 Å². The second-order valence-corrected chi connectivity index (χ2v) is 5.07. The van der Waals surface area contributed by atoms with Crippen LogP contribution in [0.5, 0.6) is 0 Å². The van der Waals surface area contributed by atoms with Crippen LogP contribution in [0.25, 0.3) is 0 Å². The topological polar surface area (TPSA) is 103 Å². The van der Waals surface area contributed by atoms with Crippen LogP contribution < -0.4 is 5.73 Å². The zero-order chi connectivity index (χ0) is 13.8. The van der Waals surface area contributed by atoms with Crippen LogP contribution in [0.1, 0.15) is 19.2 Å². The lowest BCUT2D eigenvalue weighted by molar-refractivity contribution is 0.263. The fourth-order valence-electron chi connectivity index (χ4n) is 1.52. The van der Waals surface area contributed by atoms with Crippen molar-refractivity contribution in [1.29, 1.82) is 0 Å². The molecule has 0 unspecified atom stereocenters. The van der Waals surface area contributed by atoms with E-state index < -0.39 is 0 Å². The Hall–Kier alpha value is -1.38. The molecule has 2 heterocycles. The first-order valence-electron chi connectivity index (χ1n) is 5.65. The van der Waals surface area contributed by atoms with Crippen LogP contribution in [0, 0.1) is 0 Å². The van der Waals surface area contributed by atoms with E-state index in [1.807, 2.05) is 11.5 Å². The molecule has 0 spiro atoms. The summed E-state index contributed by atoms with van der Waals surface area (Å²) in [5.41, 5.74) is 5.54. The summed E-state index contributed by atoms with van der Waals surface area (Å²) in [6.07, 6.45) is 0.908. The molecule has 102 valence electrons. The van der Waals surface area contributed by atoms with Crippen molar-refractivity contribution in [3.63, 3.8) is 0 Å². The lowest BCUT2D eigenvalue weighted by Crippen LogP contribution is -2.05. The maximum absolute atomic E-state index is 9.21. The molecule has 0 radical (unpaired) electrons. The molecule has 0 bridgehead atoms. The molecule has 9 heteroatoms. The minimum atomic E-state index is -0.153. The molecule has 7 nitrogen and oxygen atoms in total. The fraction of sp³-hybridized carbons (Fsp3) is 0.400. The van der Waals surface area contributed by atoms with E-state index in [2.05, 4.69) is 20.2 Å². The Balaban J connectivity index is 2.29. The van der Waals surface area contributed by atoms with Gasteiger partial charge in [0.1, 0.15) is 16.8 Å². The highest BCUT2D eigenvalue weighted by Gasteiger charge is 2.13. The van der Waals surface area contributed by atoms with Crippen molar-refractivity contribution >= 4 is 29.3 Å². The molecule has 0 aliphatic carbocycles. The smallest absolute Gasteiger partial charge is 0.222 e. The number of aliphatic hydroxyl groups is 1. The highest BCUT2D eigenvalue weighted by molar-refractivity contribution is 7.99. The van der Waals surface area contributed by atoms with E-state index >= 15 is 0 Å². The molecule has 0 saturated heterocycles. The van der Waals surface area contributed by atoms with Crippen molar-refractivity contribution in [2.45, 2.75) is 36.7 Å². The molecule has 3 N–H and O–H groups in total. The number of rotatable bonds is 5. The number of aliphatic hydroxyl groups excluding tert-OH is 1. The molecule has 2 aromatic heterocycles. The standard InChI is InChI=1S/C10H13ClN6OS/c1-2-3-17-7(5-18)15-16-10(17)19-8-4-6(11)13-9(12)14-8/h4,18H,2-3,5H2,1H3,(H2,12,13,14). The maximum atomic E-state index is 9.21. The van der Waals surface area contributed by atoms with Gasteiger partial charge in [0.05, 0.1) is 0 Å². The van der Waals surface area contributed by atoms with E-state index in [0.717, 1.165) is 13.0 Å². The minimum absolute atomic E-state index is 0.110. The summed E-state index contributed by atoms with van der Waals surface area (Å²) in [6.45, 7) is 2.61. The monoisotopic (exact) mass is 300 g/mol. The van der Waals surface area contributed by atoms with Crippen LogP contribution in [0.4, 0.5) is 5.95 Å². The number of nitrogens with zero attached hydrogens (tertiary/aromatic N) is 5. The molecule has 19 heavy (non-hydrogen) atoms. The molecule has 2 rings (SSSR count). The third-order valence-electron chi connectivity index (χ3n) is 2.27. The summed E-state index contributed by atoms with van der Waals surface area (Å²) >= 11 is 7.10. The Morgan fingerprint density at radius 3 is 2.84 bits per heavy atom. The third-order valence-corrected chi connectivity index (χ3v) is 3.36. The SMILES string of the molecule is CCCn1c(CO)nnc1Sc1cc(Cl)nc(N)n1. The molecule has 0 aromatic carbocycles. The van der Waals surface area contributed by atoms with E-state index in [4.69, 9.17) is 17.3 Å². The number of nitrogens with two attached hydrogens (primary N) is 1. The predicted octanol–water partition coefficient (Wildman–Crippen LogP) is 1.36. The molecule has 2 aromatic rings. The molecule has 0 saturated carbocycles. The second-order valence-electron chi connectivity index (χ2n) is 3.70. The molecule has 0 fully saturated rings. The first kappa shape index (κ1) is 14.0. The van der Waals surface area contributed by atoms with Gasteiger partial charge in [0, 0.05) is 12.6 Å². The molecule has 0 amide bonds. The van der Waals surface area contributed by atoms with Crippen molar-refractivity contribution in [2.24, 2.45) is 0 Å². The molecule has 0 aliphatic rings. The molecule has 0 atom stereocenters.